The standard InChI is InChI=1S/C12H15BrFN3O3S/c13-7-4-5-11(9(14)6-7)21(19,20)17-10-3-1-2-8(10)12(15)16-18/h4-6,8,10,17-18H,1-3H2,(H2,15,16). The van der Waals surface area contributed by atoms with E-state index in [1.807, 2.05) is 0 Å². The molecule has 0 saturated heterocycles. The van der Waals surface area contributed by atoms with Crippen molar-refractivity contribution in [3.63, 3.8) is 0 Å². The zero-order valence-electron chi connectivity index (χ0n) is 11.0. The topological polar surface area (TPSA) is 105 Å². The molecule has 2 unspecified atom stereocenters. The summed E-state index contributed by atoms with van der Waals surface area (Å²) in [5.74, 6) is -1.24. The SMILES string of the molecule is N/C(=N/O)C1CCCC1NS(=O)(=O)c1ccc(Br)cc1F. The van der Waals surface area contributed by atoms with E-state index < -0.39 is 26.8 Å². The van der Waals surface area contributed by atoms with Crippen molar-refractivity contribution in [3.8, 4) is 0 Å². The number of nitrogens with zero attached hydrogens (tertiary/aromatic N) is 1. The van der Waals surface area contributed by atoms with Crippen LogP contribution in [-0.4, -0.2) is 25.5 Å². The van der Waals surface area contributed by atoms with Crippen molar-refractivity contribution in [2.75, 3.05) is 0 Å². The molecule has 0 amide bonds. The van der Waals surface area contributed by atoms with Gasteiger partial charge in [0.25, 0.3) is 0 Å². The van der Waals surface area contributed by atoms with Crippen LogP contribution in [0.25, 0.3) is 0 Å². The van der Waals surface area contributed by atoms with E-state index in [4.69, 9.17) is 10.9 Å². The molecule has 2 rings (SSSR count). The molecule has 0 spiro atoms. The lowest BCUT2D eigenvalue weighted by Gasteiger charge is -2.20. The summed E-state index contributed by atoms with van der Waals surface area (Å²) in [5, 5.41) is 11.7. The van der Waals surface area contributed by atoms with Gasteiger partial charge in [0.1, 0.15) is 16.5 Å². The molecule has 0 aliphatic heterocycles. The lowest BCUT2D eigenvalue weighted by molar-refractivity contribution is 0.312. The van der Waals surface area contributed by atoms with Gasteiger partial charge in [0.05, 0.1) is 0 Å². The Morgan fingerprint density at radius 2 is 2.19 bits per heavy atom. The summed E-state index contributed by atoms with van der Waals surface area (Å²) in [6, 6.07) is 3.22. The van der Waals surface area contributed by atoms with E-state index in [1.165, 1.54) is 12.1 Å². The third kappa shape index (κ3) is 3.53. The Hall–Kier alpha value is -1.19. The number of oxime groups is 1. The second-order valence-corrected chi connectivity index (χ2v) is 7.46. The highest BCUT2D eigenvalue weighted by Gasteiger charge is 2.34. The van der Waals surface area contributed by atoms with Gasteiger partial charge in [-0.05, 0) is 31.0 Å². The second-order valence-electron chi connectivity index (χ2n) is 4.86. The maximum atomic E-state index is 13.8. The number of benzene rings is 1. The zero-order valence-corrected chi connectivity index (χ0v) is 13.4. The average Bonchev–Trinajstić information content (AvgIpc) is 2.84. The quantitative estimate of drug-likeness (QED) is 0.321. The van der Waals surface area contributed by atoms with E-state index in [9.17, 15) is 12.8 Å². The molecule has 1 aliphatic carbocycles. The molecule has 6 nitrogen and oxygen atoms in total. The predicted octanol–water partition coefficient (Wildman–Crippen LogP) is 1.78. The third-order valence-corrected chi connectivity index (χ3v) is 5.52. The van der Waals surface area contributed by atoms with Crippen LogP contribution < -0.4 is 10.5 Å². The summed E-state index contributed by atoms with van der Waals surface area (Å²) < 4.78 is 41.2. The number of sulfonamides is 1. The molecule has 9 heteroatoms. The maximum Gasteiger partial charge on any atom is 0.243 e. The minimum Gasteiger partial charge on any atom is -0.409 e. The van der Waals surface area contributed by atoms with Crippen LogP contribution in [0.2, 0.25) is 0 Å². The van der Waals surface area contributed by atoms with Gasteiger partial charge in [0, 0.05) is 16.4 Å². The van der Waals surface area contributed by atoms with Crippen LogP contribution in [0.1, 0.15) is 19.3 Å². The summed E-state index contributed by atoms with van der Waals surface area (Å²) in [6.07, 6.45) is 1.92. The molecule has 1 fully saturated rings. The number of nitrogens with one attached hydrogen (secondary N) is 1. The molecule has 0 aromatic heterocycles. The number of nitrogens with two attached hydrogens (primary N) is 1. The number of hydrogen-bond acceptors (Lipinski definition) is 4. The van der Waals surface area contributed by atoms with Crippen molar-refractivity contribution in [1.29, 1.82) is 0 Å². The highest BCUT2D eigenvalue weighted by atomic mass is 79.9. The Labute approximate surface area is 130 Å². The Balaban J connectivity index is 2.25. The predicted molar refractivity (Wildman–Crippen MR) is 79.0 cm³/mol. The Bertz CT molecular complexity index is 666. The molecule has 1 aliphatic rings. The first-order valence-corrected chi connectivity index (χ1v) is 8.57. The first kappa shape index (κ1) is 16.2. The van der Waals surface area contributed by atoms with Gasteiger partial charge in [-0.1, -0.05) is 27.5 Å². The van der Waals surface area contributed by atoms with Crippen LogP contribution >= 0.6 is 15.9 Å². The number of halogens is 2. The van der Waals surface area contributed by atoms with E-state index in [2.05, 4.69) is 25.8 Å². The van der Waals surface area contributed by atoms with Crippen molar-refractivity contribution in [3.05, 3.63) is 28.5 Å². The molecular formula is C12H15BrFN3O3S. The fourth-order valence-electron chi connectivity index (χ4n) is 2.49. The van der Waals surface area contributed by atoms with E-state index in [0.29, 0.717) is 17.3 Å². The Kier molecular flexibility index (Phi) is 4.84. The lowest BCUT2D eigenvalue weighted by atomic mass is 10.0. The highest BCUT2D eigenvalue weighted by Crippen LogP contribution is 2.28. The molecule has 1 aromatic carbocycles. The maximum absolute atomic E-state index is 13.8. The third-order valence-electron chi connectivity index (χ3n) is 3.50. The first-order valence-electron chi connectivity index (χ1n) is 6.30. The largest absolute Gasteiger partial charge is 0.409 e. The molecule has 0 radical (unpaired) electrons. The monoisotopic (exact) mass is 379 g/mol. The molecule has 2 atom stereocenters. The van der Waals surface area contributed by atoms with Crippen molar-refractivity contribution in [2.45, 2.75) is 30.2 Å². The molecule has 0 heterocycles. The van der Waals surface area contributed by atoms with Gasteiger partial charge in [-0.2, -0.15) is 0 Å². The molecule has 0 bridgehead atoms. The first-order chi connectivity index (χ1) is 9.85. The molecule has 21 heavy (non-hydrogen) atoms. The van der Waals surface area contributed by atoms with Crippen LogP contribution in [0.15, 0.2) is 32.7 Å². The van der Waals surface area contributed by atoms with Gasteiger partial charge in [-0.25, -0.2) is 17.5 Å². The Morgan fingerprint density at radius 3 is 2.81 bits per heavy atom. The highest BCUT2D eigenvalue weighted by molar-refractivity contribution is 9.10. The van der Waals surface area contributed by atoms with E-state index in [0.717, 1.165) is 12.5 Å². The summed E-state index contributed by atoms with van der Waals surface area (Å²) in [7, 11) is -4.00. The fourth-order valence-corrected chi connectivity index (χ4v) is 4.19. The normalized spacial score (nSPS) is 23.4. The van der Waals surface area contributed by atoms with Crippen molar-refractivity contribution >= 4 is 31.8 Å². The molecule has 1 saturated carbocycles. The van der Waals surface area contributed by atoms with Crippen LogP contribution in [0.5, 0.6) is 0 Å². The van der Waals surface area contributed by atoms with E-state index in [-0.39, 0.29) is 11.8 Å². The second kappa shape index (κ2) is 6.29. The smallest absolute Gasteiger partial charge is 0.243 e. The van der Waals surface area contributed by atoms with Crippen molar-refractivity contribution in [1.82, 2.24) is 4.72 Å². The number of rotatable bonds is 4. The molecule has 4 N–H and O–H groups in total. The summed E-state index contributed by atoms with van der Waals surface area (Å²) in [6.45, 7) is 0. The zero-order chi connectivity index (χ0) is 15.6. The van der Waals surface area contributed by atoms with Crippen LogP contribution in [-0.2, 0) is 10.0 Å². The molecule has 1 aromatic rings. The molecular weight excluding hydrogens is 365 g/mol. The summed E-state index contributed by atoms with van der Waals surface area (Å²) >= 11 is 3.07. The van der Waals surface area contributed by atoms with Gasteiger partial charge in [0.2, 0.25) is 10.0 Å². The van der Waals surface area contributed by atoms with Gasteiger partial charge in [-0.3, -0.25) is 0 Å². The minimum absolute atomic E-state index is 0.0171. The van der Waals surface area contributed by atoms with E-state index in [1.54, 1.807) is 0 Å². The molecule has 116 valence electrons. The summed E-state index contributed by atoms with van der Waals surface area (Å²) in [4.78, 5) is -0.421. The van der Waals surface area contributed by atoms with Crippen LogP contribution in [0, 0.1) is 11.7 Å². The van der Waals surface area contributed by atoms with Gasteiger partial charge >= 0.3 is 0 Å². The van der Waals surface area contributed by atoms with Gasteiger partial charge in [-0.15, -0.1) is 0 Å². The lowest BCUT2D eigenvalue weighted by Crippen LogP contribution is -2.42. The van der Waals surface area contributed by atoms with Gasteiger partial charge in [0.15, 0.2) is 0 Å². The van der Waals surface area contributed by atoms with Crippen molar-refractivity contribution < 1.29 is 18.0 Å². The van der Waals surface area contributed by atoms with Crippen molar-refractivity contribution in [2.24, 2.45) is 16.8 Å². The van der Waals surface area contributed by atoms with Crippen LogP contribution in [0.4, 0.5) is 4.39 Å². The van der Waals surface area contributed by atoms with Crippen LogP contribution in [0.3, 0.4) is 0 Å². The summed E-state index contributed by atoms with van der Waals surface area (Å²) in [5.41, 5.74) is 5.56. The number of amidine groups is 1. The Morgan fingerprint density at radius 1 is 1.48 bits per heavy atom. The van der Waals surface area contributed by atoms with Gasteiger partial charge < -0.3 is 10.9 Å². The van der Waals surface area contributed by atoms with E-state index >= 15 is 0 Å². The minimum atomic E-state index is -4.00. The average molecular weight is 380 g/mol. The number of hydrogen-bond donors (Lipinski definition) is 3. The fraction of sp³-hybridized carbons (Fsp3) is 0.417.